The van der Waals surface area contributed by atoms with Crippen LogP contribution in [0.25, 0.3) is 11.0 Å². The van der Waals surface area contributed by atoms with Crippen molar-refractivity contribution >= 4 is 28.6 Å². The third-order valence-electron chi connectivity index (χ3n) is 5.51. The number of halogens is 6. The number of amides is 1. The summed E-state index contributed by atoms with van der Waals surface area (Å²) >= 11 is 0. The van der Waals surface area contributed by atoms with Crippen LogP contribution in [0, 0.1) is 4.91 Å². The first-order chi connectivity index (χ1) is 17.9. The maximum absolute atomic E-state index is 14.5. The lowest BCUT2D eigenvalue weighted by Gasteiger charge is -2.25. The molecule has 0 aliphatic carbocycles. The van der Waals surface area contributed by atoms with Gasteiger partial charge in [-0.15, -0.1) is 18.1 Å². The maximum Gasteiger partial charge on any atom is 0.573 e. The highest BCUT2D eigenvalue weighted by Crippen LogP contribution is 2.41. The molecule has 0 spiro atoms. The van der Waals surface area contributed by atoms with Crippen LogP contribution >= 0.6 is 0 Å². The van der Waals surface area contributed by atoms with Gasteiger partial charge in [-0.1, -0.05) is 36.4 Å². The molecule has 0 unspecified atom stereocenters. The standard InChI is InChI=1S/C25H18F6N4O3/c26-24(27,28)22(16-4-2-1-3-5-16)35-20-12-6-15(7-13-21(36)34-37)14-19(20)33-23(35)32-17-8-10-18(11-9-17)38-25(29,30)31/h1-6,8-12,14,22H,7,13H2,(H,32,33)/t22-/m0/s1. The molecular weight excluding hydrogens is 518 g/mol. The number of anilines is 2. The first-order valence-corrected chi connectivity index (χ1v) is 11.1. The number of aromatic nitrogens is 2. The lowest BCUT2D eigenvalue weighted by Crippen LogP contribution is -2.28. The highest BCUT2D eigenvalue weighted by Gasteiger charge is 2.44. The van der Waals surface area contributed by atoms with E-state index in [0.29, 0.717) is 5.56 Å². The normalized spacial score (nSPS) is 12.8. The van der Waals surface area contributed by atoms with E-state index in [1.54, 1.807) is 6.07 Å². The minimum atomic E-state index is -4.90. The molecule has 1 aromatic heterocycles. The van der Waals surface area contributed by atoms with E-state index in [1.807, 2.05) is 0 Å². The highest BCUT2D eigenvalue weighted by molar-refractivity contribution is 5.82. The zero-order chi connectivity index (χ0) is 27.5. The molecule has 38 heavy (non-hydrogen) atoms. The summed E-state index contributed by atoms with van der Waals surface area (Å²) in [5, 5.41) is 5.08. The first kappa shape index (κ1) is 26.6. The van der Waals surface area contributed by atoms with Crippen LogP contribution < -0.4 is 10.1 Å². The van der Waals surface area contributed by atoms with Crippen molar-refractivity contribution in [1.82, 2.24) is 9.55 Å². The number of aryl methyl sites for hydroxylation is 1. The molecule has 13 heteroatoms. The fraction of sp³-hybridized carbons (Fsp3) is 0.200. The summed E-state index contributed by atoms with van der Waals surface area (Å²) < 4.78 is 85.6. The third kappa shape index (κ3) is 6.28. The van der Waals surface area contributed by atoms with Crippen molar-refractivity contribution in [1.29, 1.82) is 0 Å². The number of hydrogen-bond acceptors (Lipinski definition) is 5. The van der Waals surface area contributed by atoms with E-state index in [1.165, 1.54) is 54.6 Å². The molecule has 0 radical (unpaired) electrons. The number of nitrogens with zero attached hydrogens (tertiary/aromatic N) is 3. The van der Waals surface area contributed by atoms with Crippen molar-refractivity contribution in [3.05, 3.63) is 88.8 Å². The Hall–Kier alpha value is -4.42. The number of rotatable bonds is 8. The second kappa shape index (κ2) is 10.5. The number of carbonyl (C=O) groups is 1. The molecule has 0 aliphatic heterocycles. The van der Waals surface area contributed by atoms with E-state index in [9.17, 15) is 36.0 Å². The van der Waals surface area contributed by atoms with Gasteiger partial charge in [0.25, 0.3) is 5.91 Å². The van der Waals surface area contributed by atoms with Crippen LogP contribution in [0.1, 0.15) is 23.6 Å². The van der Waals surface area contributed by atoms with E-state index in [2.05, 4.69) is 20.2 Å². The number of hydrogen-bond donors (Lipinski definition) is 1. The number of nitroso groups, excluding NO2 is 1. The first-order valence-electron chi connectivity index (χ1n) is 11.1. The Morgan fingerprint density at radius 3 is 2.26 bits per heavy atom. The molecule has 3 aromatic carbocycles. The molecule has 0 aliphatic rings. The Balaban J connectivity index is 1.80. The Bertz CT molecular complexity index is 1430. The van der Waals surface area contributed by atoms with Gasteiger partial charge in [0.05, 0.1) is 11.0 Å². The Morgan fingerprint density at radius 2 is 1.66 bits per heavy atom. The average Bonchev–Trinajstić information content (AvgIpc) is 3.19. The largest absolute Gasteiger partial charge is 0.573 e. The van der Waals surface area contributed by atoms with E-state index in [4.69, 9.17) is 0 Å². The molecule has 1 amide bonds. The molecule has 4 aromatic rings. The molecule has 198 valence electrons. The number of ether oxygens (including phenoxy) is 1. The van der Waals surface area contributed by atoms with Crippen molar-refractivity contribution in [2.75, 3.05) is 5.32 Å². The smallest absolute Gasteiger partial charge is 0.406 e. The topological polar surface area (TPSA) is 85.6 Å². The van der Waals surface area contributed by atoms with Gasteiger partial charge < -0.3 is 10.1 Å². The quantitative estimate of drug-likeness (QED) is 0.193. The van der Waals surface area contributed by atoms with Gasteiger partial charge in [-0.25, -0.2) is 4.98 Å². The molecule has 1 atom stereocenters. The monoisotopic (exact) mass is 536 g/mol. The maximum atomic E-state index is 14.5. The Labute approximate surface area is 211 Å². The van der Waals surface area contributed by atoms with Crippen LogP contribution in [0.4, 0.5) is 38.0 Å². The van der Waals surface area contributed by atoms with E-state index < -0.39 is 30.2 Å². The minimum Gasteiger partial charge on any atom is -0.406 e. The molecule has 0 saturated carbocycles. The fourth-order valence-corrected chi connectivity index (χ4v) is 3.94. The lowest BCUT2D eigenvalue weighted by atomic mass is 10.1. The van der Waals surface area contributed by atoms with Crippen molar-refractivity contribution < 1.29 is 35.9 Å². The summed E-state index contributed by atoms with van der Waals surface area (Å²) in [6.45, 7) is 0. The van der Waals surface area contributed by atoms with Gasteiger partial charge in [-0.05, 0) is 53.9 Å². The fourth-order valence-electron chi connectivity index (χ4n) is 3.94. The molecular formula is C25H18F6N4O3. The van der Waals surface area contributed by atoms with Crippen molar-refractivity contribution in [2.24, 2.45) is 5.18 Å². The summed E-state index contributed by atoms with van der Waals surface area (Å²) in [4.78, 5) is 25.9. The van der Waals surface area contributed by atoms with Gasteiger partial charge in [-0.3, -0.25) is 9.36 Å². The number of imidazole rings is 1. The zero-order valence-electron chi connectivity index (χ0n) is 19.3. The van der Waals surface area contributed by atoms with Crippen LogP contribution in [0.15, 0.2) is 78.0 Å². The summed E-state index contributed by atoms with van der Waals surface area (Å²) in [6.07, 6.45) is -9.71. The van der Waals surface area contributed by atoms with Gasteiger partial charge in [0.2, 0.25) is 5.95 Å². The molecule has 0 fully saturated rings. The lowest BCUT2D eigenvalue weighted by molar-refractivity contribution is -0.274. The number of alkyl halides is 6. The van der Waals surface area contributed by atoms with Crippen LogP contribution in [0.5, 0.6) is 5.75 Å². The summed E-state index contributed by atoms with van der Waals surface area (Å²) in [5.74, 6) is -1.59. The predicted octanol–water partition coefficient (Wildman–Crippen LogP) is 7.06. The van der Waals surface area contributed by atoms with Gasteiger partial charge in [0, 0.05) is 17.3 Å². The van der Waals surface area contributed by atoms with Crippen LogP contribution in [-0.2, 0) is 11.2 Å². The number of nitrogens with one attached hydrogen (secondary N) is 1. The number of fused-ring (bicyclic) bond motifs is 1. The molecule has 0 bridgehead atoms. The molecule has 4 rings (SSSR count). The van der Waals surface area contributed by atoms with Crippen molar-refractivity contribution in [3.8, 4) is 5.75 Å². The van der Waals surface area contributed by atoms with Crippen LogP contribution in [0.3, 0.4) is 0 Å². The minimum absolute atomic E-state index is 0.0667. The van der Waals surface area contributed by atoms with E-state index in [-0.39, 0.29) is 41.1 Å². The second-order valence-electron chi connectivity index (χ2n) is 8.17. The predicted molar refractivity (Wildman–Crippen MR) is 126 cm³/mol. The Kier molecular flexibility index (Phi) is 7.37. The Morgan fingerprint density at radius 1 is 0.974 bits per heavy atom. The van der Waals surface area contributed by atoms with Crippen LogP contribution in [0.2, 0.25) is 0 Å². The zero-order valence-corrected chi connectivity index (χ0v) is 19.3. The number of carbonyl (C=O) groups excluding carboxylic acids is 1. The van der Waals surface area contributed by atoms with Gasteiger partial charge in [0.15, 0.2) is 6.04 Å². The summed E-state index contributed by atoms with van der Waals surface area (Å²) in [6, 6.07) is 13.9. The second-order valence-corrected chi connectivity index (χ2v) is 8.17. The molecule has 1 N–H and O–H groups in total. The van der Waals surface area contributed by atoms with Gasteiger partial charge in [-0.2, -0.15) is 13.2 Å². The van der Waals surface area contributed by atoms with E-state index >= 15 is 0 Å². The van der Waals surface area contributed by atoms with Crippen LogP contribution in [-0.4, -0.2) is 28.0 Å². The van der Waals surface area contributed by atoms with E-state index in [0.717, 1.165) is 16.7 Å². The van der Waals surface area contributed by atoms with Gasteiger partial charge >= 0.3 is 12.5 Å². The summed E-state index contributed by atoms with van der Waals surface area (Å²) in [7, 11) is 0. The molecule has 7 nitrogen and oxygen atoms in total. The third-order valence-corrected chi connectivity index (χ3v) is 5.51. The molecule has 1 heterocycles. The molecule has 0 saturated heterocycles. The highest BCUT2D eigenvalue weighted by atomic mass is 19.4. The van der Waals surface area contributed by atoms with Gasteiger partial charge in [0.1, 0.15) is 5.75 Å². The summed E-state index contributed by atoms with van der Waals surface area (Å²) in [5.41, 5.74) is 0.914. The SMILES string of the molecule is O=NC(=O)CCc1ccc2c(c1)nc(Nc1ccc(OC(F)(F)F)cc1)n2[C@@H](c1ccccc1)C(F)(F)F. The van der Waals surface area contributed by atoms with Crippen molar-refractivity contribution in [3.63, 3.8) is 0 Å². The average molecular weight is 536 g/mol. The van der Waals surface area contributed by atoms with Crippen molar-refractivity contribution in [2.45, 2.75) is 31.4 Å². The number of benzene rings is 3.